The molecule has 1 aliphatic carbocycles. The molecule has 2 unspecified atom stereocenters. The molecule has 5 nitrogen and oxygen atoms in total. The predicted molar refractivity (Wildman–Crippen MR) is 71.0 cm³/mol. The lowest BCUT2D eigenvalue weighted by molar-refractivity contribution is -0.144. The van der Waals surface area contributed by atoms with Crippen LogP contribution in [0.5, 0.6) is 0 Å². The van der Waals surface area contributed by atoms with E-state index in [0.29, 0.717) is 0 Å². The number of carbonyl (C=O) groups is 2. The minimum atomic E-state index is -0.922. The molecule has 0 spiro atoms. The molecule has 1 aromatic carbocycles. The first kappa shape index (κ1) is 13.0. The van der Waals surface area contributed by atoms with Gasteiger partial charge in [0.15, 0.2) is 0 Å². The molecule has 2 fully saturated rings. The maximum Gasteiger partial charge on any atom is 0.411 e. The van der Waals surface area contributed by atoms with E-state index < -0.39 is 18.1 Å². The molecule has 5 heteroatoms. The van der Waals surface area contributed by atoms with Gasteiger partial charge < -0.3 is 9.84 Å². The van der Waals surface area contributed by atoms with Crippen LogP contribution in [0.3, 0.4) is 0 Å². The lowest BCUT2D eigenvalue weighted by Crippen LogP contribution is -2.49. The molecule has 1 aliphatic heterocycles. The van der Waals surface area contributed by atoms with Crippen LogP contribution in [-0.2, 0) is 16.1 Å². The summed E-state index contributed by atoms with van der Waals surface area (Å²) in [4.78, 5) is 24.9. The first-order valence-corrected chi connectivity index (χ1v) is 6.88. The highest BCUT2D eigenvalue weighted by molar-refractivity contribution is 5.81. The van der Waals surface area contributed by atoms with E-state index in [2.05, 4.69) is 0 Å². The van der Waals surface area contributed by atoms with Gasteiger partial charge in [0, 0.05) is 6.04 Å². The Bertz CT molecular complexity index is 516. The number of likely N-dealkylation sites (tertiary alicyclic amines) is 1. The standard InChI is InChI=1S/C15H17NO4/c17-14(18)13-11-6-7-12(8-11)16(13)15(19)20-9-10-4-2-1-3-5-10/h1-5,11-13H,6-9H2,(H,17,18)/t11?,12?,13-/m0/s1. The fourth-order valence-corrected chi connectivity index (χ4v) is 3.36. The topological polar surface area (TPSA) is 66.8 Å². The molecule has 1 amide bonds. The van der Waals surface area contributed by atoms with Crippen molar-refractivity contribution in [1.82, 2.24) is 4.90 Å². The van der Waals surface area contributed by atoms with Crippen molar-refractivity contribution in [2.75, 3.05) is 0 Å². The molecule has 1 saturated heterocycles. The van der Waals surface area contributed by atoms with Gasteiger partial charge in [0.1, 0.15) is 12.6 Å². The number of hydrogen-bond donors (Lipinski definition) is 1. The van der Waals surface area contributed by atoms with Gasteiger partial charge >= 0.3 is 12.1 Å². The molecule has 0 aromatic heterocycles. The fraction of sp³-hybridized carbons (Fsp3) is 0.467. The molecule has 1 N–H and O–H groups in total. The van der Waals surface area contributed by atoms with E-state index in [0.717, 1.165) is 24.8 Å². The van der Waals surface area contributed by atoms with Crippen LogP contribution in [0.4, 0.5) is 4.79 Å². The van der Waals surface area contributed by atoms with E-state index in [4.69, 9.17) is 4.74 Å². The summed E-state index contributed by atoms with van der Waals surface area (Å²) in [7, 11) is 0. The molecule has 3 atom stereocenters. The first-order valence-electron chi connectivity index (χ1n) is 6.88. The predicted octanol–water partition coefficient (Wildman–Crippen LogP) is 2.26. The highest BCUT2D eigenvalue weighted by Gasteiger charge is 2.52. The molecule has 2 bridgehead atoms. The monoisotopic (exact) mass is 275 g/mol. The summed E-state index contributed by atoms with van der Waals surface area (Å²) in [5, 5.41) is 9.29. The number of carbonyl (C=O) groups excluding carboxylic acids is 1. The van der Waals surface area contributed by atoms with Crippen molar-refractivity contribution in [1.29, 1.82) is 0 Å². The second-order valence-corrected chi connectivity index (χ2v) is 5.46. The number of piperidine rings is 1. The van der Waals surface area contributed by atoms with Crippen molar-refractivity contribution in [3.63, 3.8) is 0 Å². The first-order chi connectivity index (χ1) is 9.66. The normalized spacial score (nSPS) is 27.6. The van der Waals surface area contributed by atoms with Crippen molar-refractivity contribution in [2.45, 2.75) is 38.0 Å². The van der Waals surface area contributed by atoms with E-state index >= 15 is 0 Å². The van der Waals surface area contributed by atoms with Crippen LogP contribution in [0.1, 0.15) is 24.8 Å². The minimum absolute atomic E-state index is 0.0318. The Morgan fingerprint density at radius 3 is 2.70 bits per heavy atom. The summed E-state index contributed by atoms with van der Waals surface area (Å²) in [6.45, 7) is 0.180. The Labute approximate surface area is 117 Å². The Morgan fingerprint density at radius 2 is 2.00 bits per heavy atom. The van der Waals surface area contributed by atoms with Gasteiger partial charge in [-0.1, -0.05) is 30.3 Å². The Kier molecular flexibility index (Phi) is 3.34. The number of amides is 1. The number of aliphatic carboxylic acids is 1. The summed E-state index contributed by atoms with van der Waals surface area (Å²) in [5.41, 5.74) is 0.900. The molecule has 1 saturated carbocycles. The Hall–Kier alpha value is -2.04. The smallest absolute Gasteiger partial charge is 0.411 e. The largest absolute Gasteiger partial charge is 0.480 e. The molecular weight excluding hydrogens is 258 g/mol. The zero-order chi connectivity index (χ0) is 14.1. The molecule has 1 heterocycles. The number of benzene rings is 1. The average molecular weight is 275 g/mol. The van der Waals surface area contributed by atoms with Gasteiger partial charge in [0.2, 0.25) is 0 Å². The van der Waals surface area contributed by atoms with Gasteiger partial charge in [0.05, 0.1) is 0 Å². The molecule has 106 valence electrons. The van der Waals surface area contributed by atoms with Gasteiger partial charge in [-0.2, -0.15) is 0 Å². The molecular formula is C15H17NO4. The minimum Gasteiger partial charge on any atom is -0.480 e. The van der Waals surface area contributed by atoms with Crippen LogP contribution in [0.2, 0.25) is 0 Å². The summed E-state index contributed by atoms with van der Waals surface area (Å²) in [5.74, 6) is -0.837. The summed E-state index contributed by atoms with van der Waals surface area (Å²) < 4.78 is 5.27. The highest BCUT2D eigenvalue weighted by atomic mass is 16.6. The van der Waals surface area contributed by atoms with Crippen LogP contribution in [-0.4, -0.2) is 34.2 Å². The molecule has 2 aliphatic rings. The van der Waals surface area contributed by atoms with Gasteiger partial charge in [0.25, 0.3) is 0 Å². The van der Waals surface area contributed by atoms with Crippen molar-refractivity contribution < 1.29 is 19.4 Å². The molecule has 1 aromatic rings. The number of fused-ring (bicyclic) bond motifs is 2. The van der Waals surface area contributed by atoms with E-state index in [1.807, 2.05) is 30.3 Å². The van der Waals surface area contributed by atoms with Gasteiger partial charge in [-0.25, -0.2) is 9.59 Å². The highest BCUT2D eigenvalue weighted by Crippen LogP contribution is 2.42. The van der Waals surface area contributed by atoms with Gasteiger partial charge in [-0.3, -0.25) is 4.90 Å². The number of nitrogens with zero attached hydrogens (tertiary/aromatic N) is 1. The van der Waals surface area contributed by atoms with Crippen LogP contribution >= 0.6 is 0 Å². The van der Waals surface area contributed by atoms with E-state index in [-0.39, 0.29) is 18.6 Å². The second kappa shape index (κ2) is 5.15. The van der Waals surface area contributed by atoms with Crippen LogP contribution in [0.15, 0.2) is 30.3 Å². The average Bonchev–Trinajstić information content (AvgIpc) is 3.06. The summed E-state index contributed by atoms with van der Waals surface area (Å²) in [6, 6.07) is 8.71. The third-order valence-corrected chi connectivity index (χ3v) is 4.25. The number of hydrogen-bond acceptors (Lipinski definition) is 3. The van der Waals surface area contributed by atoms with Crippen molar-refractivity contribution in [2.24, 2.45) is 5.92 Å². The fourth-order valence-electron chi connectivity index (χ4n) is 3.36. The zero-order valence-electron chi connectivity index (χ0n) is 11.1. The van der Waals surface area contributed by atoms with Gasteiger partial charge in [-0.05, 0) is 30.7 Å². The van der Waals surface area contributed by atoms with Crippen LogP contribution in [0, 0.1) is 5.92 Å². The van der Waals surface area contributed by atoms with Crippen molar-refractivity contribution in [3.05, 3.63) is 35.9 Å². The second-order valence-electron chi connectivity index (χ2n) is 5.46. The molecule has 20 heavy (non-hydrogen) atoms. The lowest BCUT2D eigenvalue weighted by Gasteiger charge is -2.31. The maximum atomic E-state index is 12.2. The lowest BCUT2D eigenvalue weighted by atomic mass is 9.99. The zero-order valence-corrected chi connectivity index (χ0v) is 11.1. The summed E-state index contributed by atoms with van der Waals surface area (Å²) in [6.07, 6.45) is 2.06. The van der Waals surface area contributed by atoms with Gasteiger partial charge in [-0.15, -0.1) is 0 Å². The number of carboxylic acid groups (broad SMARTS) is 1. The van der Waals surface area contributed by atoms with E-state index in [1.54, 1.807) is 0 Å². The maximum absolute atomic E-state index is 12.2. The Balaban J connectivity index is 1.66. The third kappa shape index (κ3) is 2.24. The SMILES string of the molecule is O=C(O)[C@@H]1C2CCC(C2)N1C(=O)OCc1ccccc1. The summed E-state index contributed by atoms with van der Waals surface area (Å²) >= 11 is 0. The van der Waals surface area contributed by atoms with Crippen molar-refractivity contribution >= 4 is 12.1 Å². The number of rotatable bonds is 3. The quantitative estimate of drug-likeness (QED) is 0.918. The molecule has 3 rings (SSSR count). The third-order valence-electron chi connectivity index (χ3n) is 4.25. The van der Waals surface area contributed by atoms with Crippen molar-refractivity contribution in [3.8, 4) is 0 Å². The van der Waals surface area contributed by atoms with E-state index in [9.17, 15) is 14.7 Å². The Morgan fingerprint density at radius 1 is 1.25 bits per heavy atom. The number of ether oxygens (including phenoxy) is 1. The van der Waals surface area contributed by atoms with Crippen LogP contribution < -0.4 is 0 Å². The molecule has 0 radical (unpaired) electrons. The van der Waals surface area contributed by atoms with E-state index in [1.165, 1.54) is 4.90 Å². The number of carboxylic acids is 1. The van der Waals surface area contributed by atoms with Crippen LogP contribution in [0.25, 0.3) is 0 Å².